The van der Waals surface area contributed by atoms with Crippen molar-refractivity contribution in [1.29, 1.82) is 0 Å². The Hall–Kier alpha value is -1.88. The molecule has 98 valence electrons. The molecule has 0 amide bonds. The number of pyridine rings is 1. The molecule has 5 heteroatoms. The maximum absolute atomic E-state index is 11.1. The van der Waals surface area contributed by atoms with Crippen molar-refractivity contribution in [1.82, 2.24) is 4.98 Å². The van der Waals surface area contributed by atoms with E-state index < -0.39 is 5.97 Å². The molecule has 5 nitrogen and oxygen atoms in total. The van der Waals surface area contributed by atoms with E-state index in [-0.39, 0.29) is 5.56 Å². The molecule has 0 atom stereocenters. The van der Waals surface area contributed by atoms with Gasteiger partial charge in [0.25, 0.3) is 0 Å². The highest BCUT2D eigenvalue weighted by Gasteiger charge is 2.13. The smallest absolute Gasteiger partial charge is 0.339 e. The van der Waals surface area contributed by atoms with Crippen LogP contribution in [0.25, 0.3) is 0 Å². The zero-order valence-electron chi connectivity index (χ0n) is 10.7. The average molecular weight is 250 g/mol. The van der Waals surface area contributed by atoms with E-state index in [2.05, 4.69) is 16.9 Å². The van der Waals surface area contributed by atoms with E-state index in [4.69, 9.17) is 9.84 Å². The Morgan fingerprint density at radius 2 is 2.33 bits per heavy atom. The number of aryl methyl sites for hydroxylation is 1. The van der Waals surface area contributed by atoms with Crippen molar-refractivity contribution < 1.29 is 14.6 Å². The lowest BCUT2D eigenvalue weighted by atomic mass is 10.1. The molecule has 0 aliphatic heterocycles. The summed E-state index contributed by atoms with van der Waals surface area (Å²) in [5.74, 6) is -0.604. The van der Waals surface area contributed by atoms with Crippen LogP contribution in [0.4, 0.5) is 5.82 Å². The molecule has 0 aliphatic carbocycles. The SMILES string of the molecule is C=C(C)COCCNc1nccc(C)c1C(=O)O. The second-order valence-electron chi connectivity index (χ2n) is 4.09. The van der Waals surface area contributed by atoms with Gasteiger partial charge in [0.1, 0.15) is 11.4 Å². The Morgan fingerprint density at radius 3 is 2.94 bits per heavy atom. The van der Waals surface area contributed by atoms with Crippen molar-refractivity contribution in [2.45, 2.75) is 13.8 Å². The topological polar surface area (TPSA) is 71.5 Å². The number of ether oxygens (including phenoxy) is 1. The first-order valence-electron chi connectivity index (χ1n) is 5.67. The third-order valence-electron chi connectivity index (χ3n) is 2.26. The summed E-state index contributed by atoms with van der Waals surface area (Å²) in [5, 5.41) is 12.1. The lowest BCUT2D eigenvalue weighted by Crippen LogP contribution is -2.15. The molecule has 1 rings (SSSR count). The van der Waals surface area contributed by atoms with Gasteiger partial charge in [0.05, 0.1) is 13.2 Å². The maximum atomic E-state index is 11.1. The summed E-state index contributed by atoms with van der Waals surface area (Å²) < 4.78 is 5.31. The predicted molar refractivity (Wildman–Crippen MR) is 70.1 cm³/mol. The highest BCUT2D eigenvalue weighted by Crippen LogP contribution is 2.16. The number of carboxylic acids is 1. The van der Waals surface area contributed by atoms with E-state index >= 15 is 0 Å². The summed E-state index contributed by atoms with van der Waals surface area (Å²) in [4.78, 5) is 15.1. The molecule has 1 aromatic heterocycles. The molecule has 0 fully saturated rings. The number of nitrogens with one attached hydrogen (secondary N) is 1. The molecular weight excluding hydrogens is 232 g/mol. The molecule has 0 saturated heterocycles. The summed E-state index contributed by atoms with van der Waals surface area (Å²) >= 11 is 0. The zero-order chi connectivity index (χ0) is 13.5. The number of nitrogens with zero attached hydrogens (tertiary/aromatic N) is 1. The van der Waals surface area contributed by atoms with Crippen molar-refractivity contribution in [2.75, 3.05) is 25.1 Å². The average Bonchev–Trinajstić information content (AvgIpc) is 2.27. The minimum absolute atomic E-state index is 0.206. The van der Waals surface area contributed by atoms with Gasteiger partial charge in [-0.3, -0.25) is 0 Å². The molecule has 0 aliphatic rings. The van der Waals surface area contributed by atoms with E-state index in [1.165, 1.54) is 0 Å². The number of aromatic nitrogens is 1. The fraction of sp³-hybridized carbons (Fsp3) is 0.385. The standard InChI is InChI=1S/C13H18N2O3/c1-9(2)8-18-7-6-15-12-11(13(16)17)10(3)4-5-14-12/h4-5H,1,6-8H2,2-3H3,(H,14,15)(H,16,17). The summed E-state index contributed by atoms with van der Waals surface area (Å²) in [5.41, 5.74) is 1.84. The Bertz CT molecular complexity index is 444. The van der Waals surface area contributed by atoms with E-state index in [0.717, 1.165) is 5.57 Å². The van der Waals surface area contributed by atoms with Crippen LogP contribution in [0, 0.1) is 6.92 Å². The molecule has 0 aromatic carbocycles. The number of anilines is 1. The quantitative estimate of drug-likeness (QED) is 0.572. The van der Waals surface area contributed by atoms with E-state index in [0.29, 0.717) is 31.1 Å². The lowest BCUT2D eigenvalue weighted by Gasteiger charge is -2.10. The summed E-state index contributed by atoms with van der Waals surface area (Å²) in [6, 6.07) is 1.67. The summed E-state index contributed by atoms with van der Waals surface area (Å²) in [7, 11) is 0. The first-order valence-corrected chi connectivity index (χ1v) is 5.67. The summed E-state index contributed by atoms with van der Waals surface area (Å²) in [6.45, 7) is 8.84. The van der Waals surface area contributed by atoms with Gasteiger partial charge >= 0.3 is 5.97 Å². The van der Waals surface area contributed by atoms with E-state index in [1.54, 1.807) is 19.2 Å². The normalized spacial score (nSPS) is 10.1. The van der Waals surface area contributed by atoms with Crippen LogP contribution in [0.5, 0.6) is 0 Å². The number of carbonyl (C=O) groups is 1. The Kier molecular flexibility index (Phi) is 5.32. The molecule has 0 unspecified atom stereocenters. The zero-order valence-corrected chi connectivity index (χ0v) is 10.7. The third kappa shape index (κ3) is 4.18. The Morgan fingerprint density at radius 1 is 1.61 bits per heavy atom. The maximum Gasteiger partial charge on any atom is 0.339 e. The van der Waals surface area contributed by atoms with Gasteiger partial charge in [0.2, 0.25) is 0 Å². The van der Waals surface area contributed by atoms with Crippen LogP contribution in [0.2, 0.25) is 0 Å². The molecule has 0 radical (unpaired) electrons. The number of rotatable bonds is 7. The van der Waals surface area contributed by atoms with Gasteiger partial charge < -0.3 is 15.2 Å². The van der Waals surface area contributed by atoms with Crippen molar-refractivity contribution in [3.05, 3.63) is 35.5 Å². The largest absolute Gasteiger partial charge is 0.478 e. The van der Waals surface area contributed by atoms with Crippen LogP contribution in [0.1, 0.15) is 22.8 Å². The summed E-state index contributed by atoms with van der Waals surface area (Å²) in [6.07, 6.45) is 1.58. The molecule has 0 spiro atoms. The van der Waals surface area contributed by atoms with Gasteiger partial charge in [-0.15, -0.1) is 0 Å². The molecule has 2 N–H and O–H groups in total. The highest BCUT2D eigenvalue weighted by molar-refractivity contribution is 5.94. The van der Waals surface area contributed by atoms with Gasteiger partial charge in [0.15, 0.2) is 0 Å². The molecule has 0 saturated carbocycles. The highest BCUT2D eigenvalue weighted by atomic mass is 16.5. The van der Waals surface area contributed by atoms with Gasteiger partial charge in [-0.05, 0) is 25.5 Å². The van der Waals surface area contributed by atoms with Gasteiger partial charge in [-0.2, -0.15) is 0 Å². The first-order chi connectivity index (χ1) is 8.52. The van der Waals surface area contributed by atoms with Crippen LogP contribution in [0.3, 0.4) is 0 Å². The van der Waals surface area contributed by atoms with Gasteiger partial charge in [-0.1, -0.05) is 12.2 Å². The van der Waals surface area contributed by atoms with Gasteiger partial charge in [0, 0.05) is 12.7 Å². The monoisotopic (exact) mass is 250 g/mol. The van der Waals surface area contributed by atoms with Crippen molar-refractivity contribution in [3.63, 3.8) is 0 Å². The van der Waals surface area contributed by atoms with Crippen LogP contribution in [-0.4, -0.2) is 35.8 Å². The van der Waals surface area contributed by atoms with Gasteiger partial charge in [-0.25, -0.2) is 9.78 Å². The molecular formula is C13H18N2O3. The predicted octanol–water partition coefficient (Wildman–Crippen LogP) is 2.09. The second kappa shape index (κ2) is 6.76. The molecule has 1 heterocycles. The van der Waals surface area contributed by atoms with Crippen LogP contribution < -0.4 is 5.32 Å². The van der Waals surface area contributed by atoms with Crippen LogP contribution in [0.15, 0.2) is 24.4 Å². The number of hydrogen-bond donors (Lipinski definition) is 2. The lowest BCUT2D eigenvalue weighted by molar-refractivity contribution is 0.0696. The fourth-order valence-corrected chi connectivity index (χ4v) is 1.45. The van der Waals surface area contributed by atoms with Crippen molar-refractivity contribution >= 4 is 11.8 Å². The number of aromatic carboxylic acids is 1. The Labute approximate surface area is 107 Å². The van der Waals surface area contributed by atoms with E-state index in [9.17, 15) is 4.79 Å². The van der Waals surface area contributed by atoms with Crippen LogP contribution >= 0.6 is 0 Å². The fourth-order valence-electron chi connectivity index (χ4n) is 1.45. The van der Waals surface area contributed by atoms with Crippen molar-refractivity contribution in [2.24, 2.45) is 0 Å². The minimum atomic E-state index is -0.981. The number of hydrogen-bond acceptors (Lipinski definition) is 4. The minimum Gasteiger partial charge on any atom is -0.478 e. The third-order valence-corrected chi connectivity index (χ3v) is 2.26. The number of carboxylic acid groups (broad SMARTS) is 1. The second-order valence-corrected chi connectivity index (χ2v) is 4.09. The van der Waals surface area contributed by atoms with Crippen LogP contribution in [-0.2, 0) is 4.74 Å². The van der Waals surface area contributed by atoms with Crippen molar-refractivity contribution in [3.8, 4) is 0 Å². The molecule has 18 heavy (non-hydrogen) atoms. The Balaban J connectivity index is 2.54. The molecule has 1 aromatic rings. The molecule has 0 bridgehead atoms. The van der Waals surface area contributed by atoms with E-state index in [1.807, 2.05) is 6.92 Å². The first kappa shape index (κ1) is 14.2.